The second kappa shape index (κ2) is 8.49. The lowest BCUT2D eigenvalue weighted by atomic mass is 10.2. The van der Waals surface area contributed by atoms with Crippen LogP contribution in [0.25, 0.3) is 0 Å². The number of carbonyl (C=O) groups is 5. The number of methoxy groups -OCH3 is 1. The first-order chi connectivity index (χ1) is 15.5. The van der Waals surface area contributed by atoms with Crippen molar-refractivity contribution in [1.82, 2.24) is 21.3 Å². The van der Waals surface area contributed by atoms with E-state index < -0.39 is 11.7 Å². The van der Waals surface area contributed by atoms with Crippen molar-refractivity contribution >= 4 is 29.8 Å². The second-order valence-corrected chi connectivity index (χ2v) is 10.5. The summed E-state index contributed by atoms with van der Waals surface area (Å²) in [5.74, 6) is -2.37. The molecule has 0 saturated heterocycles. The molecule has 4 aliphatic rings. The molecule has 4 aliphatic carbocycles. The zero-order valence-electron chi connectivity index (χ0n) is 19.3. The minimum absolute atomic E-state index is 0.141. The van der Waals surface area contributed by atoms with E-state index in [1.54, 1.807) is 20.8 Å². The number of hydrogen-bond acceptors (Lipinski definition) is 7. The standard InChI is InChI=1S/C22H32N4O7/c1-22(2,3)33-21(31)26-16-8-15(16)25-18(28)10-5-9(10)17(27)23-13-7-14(13)24-19(29)11-6-12(11)20(30)32-4/h9-16H,5-8H2,1-4H3,(H,23,27)(H,24,29)(H,25,28)(H,26,31). The first kappa shape index (κ1) is 23.3. The summed E-state index contributed by atoms with van der Waals surface area (Å²) in [7, 11) is 1.30. The summed E-state index contributed by atoms with van der Waals surface area (Å²) in [6.07, 6.45) is 1.74. The Hall–Kier alpha value is -2.85. The van der Waals surface area contributed by atoms with Crippen molar-refractivity contribution in [2.24, 2.45) is 23.7 Å². The smallest absolute Gasteiger partial charge is 0.407 e. The van der Waals surface area contributed by atoms with E-state index in [9.17, 15) is 24.0 Å². The Bertz CT molecular complexity index is 869. The van der Waals surface area contributed by atoms with Gasteiger partial charge in [0.1, 0.15) is 5.60 Å². The van der Waals surface area contributed by atoms with E-state index in [-0.39, 0.29) is 71.5 Å². The summed E-state index contributed by atoms with van der Waals surface area (Å²) >= 11 is 0. The lowest BCUT2D eigenvalue weighted by Gasteiger charge is -2.19. The Labute approximate surface area is 192 Å². The Kier molecular flexibility index (Phi) is 6.00. The maximum Gasteiger partial charge on any atom is 0.407 e. The average molecular weight is 465 g/mol. The molecule has 0 heterocycles. The molecule has 8 unspecified atom stereocenters. The predicted octanol–water partition coefficient (Wildman–Crippen LogP) is -0.413. The summed E-state index contributed by atoms with van der Waals surface area (Å²) in [6, 6.07) is -0.589. The lowest BCUT2D eigenvalue weighted by molar-refractivity contribution is -0.143. The summed E-state index contributed by atoms with van der Waals surface area (Å²) in [5, 5.41) is 11.3. The number of carbonyl (C=O) groups excluding carboxylic acids is 5. The van der Waals surface area contributed by atoms with E-state index >= 15 is 0 Å². The summed E-state index contributed by atoms with van der Waals surface area (Å²) in [4.78, 5) is 60.2. The van der Waals surface area contributed by atoms with Crippen molar-refractivity contribution in [2.45, 2.75) is 76.2 Å². The number of nitrogens with one attached hydrogen (secondary N) is 4. The Morgan fingerprint density at radius 2 is 1.03 bits per heavy atom. The molecule has 8 atom stereocenters. The predicted molar refractivity (Wildman–Crippen MR) is 113 cm³/mol. The maximum absolute atomic E-state index is 12.4. The number of amides is 4. The van der Waals surface area contributed by atoms with Gasteiger partial charge >= 0.3 is 12.1 Å². The van der Waals surface area contributed by atoms with Crippen molar-refractivity contribution in [2.75, 3.05) is 7.11 Å². The van der Waals surface area contributed by atoms with Gasteiger partial charge in [0.25, 0.3) is 0 Å². The van der Waals surface area contributed by atoms with Gasteiger partial charge in [-0.25, -0.2) is 4.79 Å². The number of esters is 1. The Balaban J connectivity index is 1.10. The highest BCUT2D eigenvalue weighted by atomic mass is 16.6. The van der Waals surface area contributed by atoms with Crippen LogP contribution in [0.15, 0.2) is 0 Å². The fraction of sp³-hybridized carbons (Fsp3) is 0.773. The zero-order valence-corrected chi connectivity index (χ0v) is 19.3. The lowest BCUT2D eigenvalue weighted by Crippen LogP contribution is -2.39. The van der Waals surface area contributed by atoms with E-state index in [1.165, 1.54) is 7.11 Å². The molecule has 182 valence electrons. The SMILES string of the molecule is COC(=O)C1CC1C(=O)NC1CC1NC(=O)C1CC1C(=O)NC1CC1NC(=O)OC(C)(C)C. The number of hydrogen-bond donors (Lipinski definition) is 4. The van der Waals surface area contributed by atoms with Gasteiger partial charge in [0.2, 0.25) is 17.7 Å². The molecule has 4 saturated carbocycles. The van der Waals surface area contributed by atoms with Gasteiger partial charge in [-0.3, -0.25) is 19.2 Å². The minimum Gasteiger partial charge on any atom is -0.469 e. The van der Waals surface area contributed by atoms with Gasteiger partial charge in [-0.2, -0.15) is 0 Å². The molecule has 4 amide bonds. The van der Waals surface area contributed by atoms with Gasteiger partial charge in [0.05, 0.1) is 54.9 Å². The van der Waals surface area contributed by atoms with Crippen LogP contribution in [0.4, 0.5) is 4.79 Å². The van der Waals surface area contributed by atoms with Gasteiger partial charge in [-0.1, -0.05) is 0 Å². The molecule has 0 bridgehead atoms. The third-order valence-corrected chi connectivity index (χ3v) is 6.36. The summed E-state index contributed by atoms with van der Waals surface area (Å²) in [6.45, 7) is 5.34. The van der Waals surface area contributed by atoms with Crippen LogP contribution < -0.4 is 21.3 Å². The highest BCUT2D eigenvalue weighted by molar-refractivity contribution is 5.93. The zero-order chi connectivity index (χ0) is 24.1. The third-order valence-electron chi connectivity index (χ3n) is 6.36. The highest BCUT2D eigenvalue weighted by Gasteiger charge is 2.54. The topological polar surface area (TPSA) is 152 Å². The molecule has 4 N–H and O–H groups in total. The van der Waals surface area contributed by atoms with E-state index in [0.29, 0.717) is 25.7 Å². The molecule has 0 aromatic rings. The average Bonchev–Trinajstić information content (AvgIpc) is 3.53. The molecular weight excluding hydrogens is 432 g/mol. The van der Waals surface area contributed by atoms with E-state index in [1.807, 2.05) is 0 Å². The van der Waals surface area contributed by atoms with Crippen molar-refractivity contribution in [3.8, 4) is 0 Å². The van der Waals surface area contributed by atoms with Gasteiger partial charge in [-0.05, 0) is 46.5 Å². The molecule has 11 nitrogen and oxygen atoms in total. The van der Waals surface area contributed by atoms with Gasteiger partial charge in [-0.15, -0.1) is 0 Å². The molecular formula is C22H32N4O7. The van der Waals surface area contributed by atoms with Crippen molar-refractivity contribution in [3.63, 3.8) is 0 Å². The van der Waals surface area contributed by atoms with E-state index in [2.05, 4.69) is 26.0 Å². The van der Waals surface area contributed by atoms with Crippen molar-refractivity contribution in [3.05, 3.63) is 0 Å². The fourth-order valence-corrected chi connectivity index (χ4v) is 4.03. The van der Waals surface area contributed by atoms with Crippen LogP contribution in [0.3, 0.4) is 0 Å². The summed E-state index contributed by atoms with van der Waals surface area (Å²) in [5.41, 5.74) is -0.584. The Morgan fingerprint density at radius 1 is 0.636 bits per heavy atom. The quantitative estimate of drug-likeness (QED) is 0.356. The molecule has 0 radical (unpaired) electrons. The van der Waals surface area contributed by atoms with Crippen LogP contribution in [0.2, 0.25) is 0 Å². The van der Waals surface area contributed by atoms with Crippen LogP contribution >= 0.6 is 0 Å². The van der Waals surface area contributed by atoms with Gasteiger partial charge in [0, 0.05) is 0 Å². The number of alkyl carbamates (subject to hydrolysis) is 1. The molecule has 0 aromatic heterocycles. The van der Waals surface area contributed by atoms with Crippen LogP contribution in [0.1, 0.15) is 46.5 Å². The van der Waals surface area contributed by atoms with Crippen LogP contribution in [-0.4, -0.2) is 66.7 Å². The molecule has 0 spiro atoms. The Morgan fingerprint density at radius 3 is 1.45 bits per heavy atom. The maximum atomic E-state index is 12.4. The number of ether oxygens (including phenoxy) is 2. The molecule has 4 rings (SSSR count). The largest absolute Gasteiger partial charge is 0.469 e. The first-order valence-corrected chi connectivity index (χ1v) is 11.4. The fourth-order valence-electron chi connectivity index (χ4n) is 4.03. The van der Waals surface area contributed by atoms with E-state index in [0.717, 1.165) is 0 Å². The molecule has 4 fully saturated rings. The van der Waals surface area contributed by atoms with Crippen LogP contribution in [0, 0.1) is 23.7 Å². The summed E-state index contributed by atoms with van der Waals surface area (Å²) < 4.78 is 9.85. The van der Waals surface area contributed by atoms with E-state index in [4.69, 9.17) is 4.74 Å². The van der Waals surface area contributed by atoms with Gasteiger partial charge < -0.3 is 30.7 Å². The van der Waals surface area contributed by atoms with Gasteiger partial charge in [0.15, 0.2) is 0 Å². The molecule has 11 heteroatoms. The monoisotopic (exact) mass is 464 g/mol. The molecule has 0 aliphatic heterocycles. The molecule has 0 aromatic carbocycles. The molecule has 33 heavy (non-hydrogen) atoms. The third kappa shape index (κ3) is 5.94. The second-order valence-electron chi connectivity index (χ2n) is 10.5. The highest BCUT2D eigenvalue weighted by Crippen LogP contribution is 2.41. The van der Waals surface area contributed by atoms with Crippen LogP contribution in [-0.2, 0) is 28.7 Å². The minimum atomic E-state index is -0.584. The van der Waals surface area contributed by atoms with Crippen molar-refractivity contribution in [1.29, 1.82) is 0 Å². The first-order valence-electron chi connectivity index (χ1n) is 11.4. The van der Waals surface area contributed by atoms with Crippen molar-refractivity contribution < 1.29 is 33.4 Å². The van der Waals surface area contributed by atoms with Crippen LogP contribution in [0.5, 0.6) is 0 Å². The number of rotatable bonds is 8. The normalized spacial score (nSPS) is 35.4.